The summed E-state index contributed by atoms with van der Waals surface area (Å²) >= 11 is 5.11. The Bertz CT molecular complexity index is 627. The summed E-state index contributed by atoms with van der Waals surface area (Å²) in [5, 5.41) is 3.34. The number of halogens is 1. The standard InChI is InChI=1S/C14H15BrN2O2S/c1-8(12-5-6-13(15)20-12)17-10-7-9(14(16)18)3-4-11(10)19-2/h3-8,17H,1-2H3,(H2,16,18). The van der Waals surface area contributed by atoms with E-state index in [1.54, 1.807) is 36.6 Å². The van der Waals surface area contributed by atoms with Crippen LogP contribution in [-0.4, -0.2) is 13.0 Å². The third-order valence-corrected chi connectivity index (χ3v) is 4.68. The Morgan fingerprint density at radius 2 is 2.15 bits per heavy atom. The third-order valence-electron chi connectivity index (χ3n) is 2.88. The minimum atomic E-state index is -0.456. The summed E-state index contributed by atoms with van der Waals surface area (Å²) in [4.78, 5) is 12.4. The number of primary amides is 1. The number of rotatable bonds is 5. The minimum absolute atomic E-state index is 0.100. The smallest absolute Gasteiger partial charge is 0.248 e. The van der Waals surface area contributed by atoms with Crippen molar-refractivity contribution in [3.05, 3.63) is 44.6 Å². The van der Waals surface area contributed by atoms with Gasteiger partial charge < -0.3 is 15.8 Å². The highest BCUT2D eigenvalue weighted by atomic mass is 79.9. The van der Waals surface area contributed by atoms with Crippen molar-refractivity contribution in [3.8, 4) is 5.75 Å². The van der Waals surface area contributed by atoms with Crippen molar-refractivity contribution in [1.29, 1.82) is 0 Å². The first-order valence-electron chi connectivity index (χ1n) is 6.01. The first-order chi connectivity index (χ1) is 9.51. The Morgan fingerprint density at radius 3 is 2.70 bits per heavy atom. The lowest BCUT2D eigenvalue weighted by molar-refractivity contribution is 0.100. The lowest BCUT2D eigenvalue weighted by Crippen LogP contribution is -2.12. The summed E-state index contributed by atoms with van der Waals surface area (Å²) in [5.41, 5.74) is 6.51. The van der Waals surface area contributed by atoms with Gasteiger partial charge in [-0.15, -0.1) is 11.3 Å². The van der Waals surface area contributed by atoms with Crippen molar-refractivity contribution >= 4 is 38.9 Å². The highest BCUT2D eigenvalue weighted by Crippen LogP contribution is 2.32. The molecule has 0 bridgehead atoms. The fraction of sp³-hybridized carbons (Fsp3) is 0.214. The second kappa shape index (κ2) is 6.28. The number of nitrogens with two attached hydrogens (primary N) is 1. The highest BCUT2D eigenvalue weighted by molar-refractivity contribution is 9.11. The maximum absolute atomic E-state index is 11.3. The number of thiophene rings is 1. The van der Waals surface area contributed by atoms with E-state index in [-0.39, 0.29) is 6.04 Å². The van der Waals surface area contributed by atoms with Crippen LogP contribution in [0, 0.1) is 0 Å². The first kappa shape index (κ1) is 14.9. The van der Waals surface area contributed by atoms with Crippen molar-refractivity contribution in [2.45, 2.75) is 13.0 Å². The molecule has 0 saturated heterocycles. The lowest BCUT2D eigenvalue weighted by atomic mass is 10.1. The maximum Gasteiger partial charge on any atom is 0.248 e. The minimum Gasteiger partial charge on any atom is -0.495 e. The fourth-order valence-electron chi connectivity index (χ4n) is 1.84. The molecule has 4 nitrogen and oxygen atoms in total. The van der Waals surface area contributed by atoms with E-state index in [0.29, 0.717) is 11.3 Å². The molecule has 0 spiro atoms. The van der Waals surface area contributed by atoms with Crippen molar-refractivity contribution in [1.82, 2.24) is 0 Å². The fourth-order valence-corrected chi connectivity index (χ4v) is 3.27. The zero-order valence-electron chi connectivity index (χ0n) is 11.1. The molecule has 2 rings (SSSR count). The van der Waals surface area contributed by atoms with Crippen molar-refractivity contribution in [3.63, 3.8) is 0 Å². The Kier molecular flexibility index (Phi) is 4.67. The molecule has 6 heteroatoms. The number of benzene rings is 1. The molecule has 0 radical (unpaired) electrons. The van der Waals surface area contributed by atoms with E-state index < -0.39 is 5.91 Å². The van der Waals surface area contributed by atoms with Gasteiger partial charge in [0.25, 0.3) is 0 Å². The van der Waals surface area contributed by atoms with Crippen LogP contribution in [0.2, 0.25) is 0 Å². The molecule has 0 aliphatic carbocycles. The molecule has 1 heterocycles. The molecule has 0 aliphatic rings. The molecular formula is C14H15BrN2O2S. The van der Waals surface area contributed by atoms with Crippen LogP contribution >= 0.6 is 27.3 Å². The largest absolute Gasteiger partial charge is 0.495 e. The van der Waals surface area contributed by atoms with E-state index in [9.17, 15) is 4.79 Å². The molecule has 1 aromatic carbocycles. The van der Waals surface area contributed by atoms with Gasteiger partial charge in [-0.2, -0.15) is 0 Å². The number of ether oxygens (including phenoxy) is 1. The normalized spacial score (nSPS) is 11.9. The van der Waals surface area contributed by atoms with Crippen LogP contribution in [0.15, 0.2) is 34.1 Å². The number of carbonyl (C=O) groups excluding carboxylic acids is 1. The molecule has 1 aromatic heterocycles. The van der Waals surface area contributed by atoms with Crippen LogP contribution in [-0.2, 0) is 0 Å². The Morgan fingerprint density at radius 1 is 1.40 bits per heavy atom. The molecule has 1 unspecified atom stereocenters. The molecule has 1 atom stereocenters. The van der Waals surface area contributed by atoms with Gasteiger partial charge in [0.2, 0.25) is 5.91 Å². The van der Waals surface area contributed by atoms with E-state index in [1.165, 1.54) is 4.88 Å². The Balaban J connectivity index is 2.27. The summed E-state index contributed by atoms with van der Waals surface area (Å²) in [7, 11) is 1.59. The van der Waals surface area contributed by atoms with E-state index in [2.05, 4.69) is 34.2 Å². The van der Waals surface area contributed by atoms with E-state index >= 15 is 0 Å². The molecule has 0 fully saturated rings. The maximum atomic E-state index is 11.3. The third kappa shape index (κ3) is 3.32. The summed E-state index contributed by atoms with van der Waals surface area (Å²) in [6.45, 7) is 2.05. The average molecular weight is 355 g/mol. The van der Waals surface area contributed by atoms with E-state index in [4.69, 9.17) is 10.5 Å². The molecule has 20 heavy (non-hydrogen) atoms. The van der Waals surface area contributed by atoms with Crippen molar-refractivity contribution in [2.75, 3.05) is 12.4 Å². The molecule has 2 aromatic rings. The van der Waals surface area contributed by atoms with Crippen LogP contribution in [0.1, 0.15) is 28.2 Å². The first-order valence-corrected chi connectivity index (χ1v) is 7.62. The number of hydrogen-bond donors (Lipinski definition) is 2. The molecule has 106 valence electrons. The summed E-state index contributed by atoms with van der Waals surface area (Å²) in [6.07, 6.45) is 0. The second-order valence-corrected chi connectivity index (χ2v) is 6.78. The number of amides is 1. The second-order valence-electron chi connectivity index (χ2n) is 4.29. The highest BCUT2D eigenvalue weighted by Gasteiger charge is 2.13. The van der Waals surface area contributed by atoms with Crippen molar-refractivity contribution in [2.24, 2.45) is 5.73 Å². The van der Waals surface area contributed by atoms with Gasteiger partial charge in [-0.3, -0.25) is 4.79 Å². The molecule has 0 aliphatic heterocycles. The average Bonchev–Trinajstić information content (AvgIpc) is 2.85. The van der Waals surface area contributed by atoms with Crippen molar-refractivity contribution < 1.29 is 9.53 Å². The van der Waals surface area contributed by atoms with Crippen LogP contribution in [0.4, 0.5) is 5.69 Å². The predicted octanol–water partition coefficient (Wildman–Crippen LogP) is 3.79. The summed E-state index contributed by atoms with van der Waals surface area (Å²) < 4.78 is 6.38. The Hall–Kier alpha value is -1.53. The SMILES string of the molecule is COc1ccc(C(N)=O)cc1NC(C)c1ccc(Br)s1. The molecular weight excluding hydrogens is 340 g/mol. The number of hydrogen-bond acceptors (Lipinski definition) is 4. The number of methoxy groups -OCH3 is 1. The van der Waals surface area contributed by atoms with Gasteiger partial charge in [-0.1, -0.05) is 0 Å². The molecule has 1 amide bonds. The van der Waals surface area contributed by atoms with E-state index in [1.807, 2.05) is 6.07 Å². The monoisotopic (exact) mass is 354 g/mol. The zero-order chi connectivity index (χ0) is 14.7. The predicted molar refractivity (Wildman–Crippen MR) is 85.6 cm³/mol. The number of nitrogens with one attached hydrogen (secondary N) is 1. The molecule has 0 saturated carbocycles. The van der Waals surface area contributed by atoms with Gasteiger partial charge in [0.05, 0.1) is 22.6 Å². The number of anilines is 1. The van der Waals surface area contributed by atoms with Gasteiger partial charge in [-0.25, -0.2) is 0 Å². The van der Waals surface area contributed by atoms with Crippen LogP contribution < -0.4 is 15.8 Å². The van der Waals surface area contributed by atoms with Gasteiger partial charge >= 0.3 is 0 Å². The van der Waals surface area contributed by atoms with Gasteiger partial charge in [0.15, 0.2) is 0 Å². The molecule has 3 N–H and O–H groups in total. The van der Waals surface area contributed by atoms with Gasteiger partial charge in [-0.05, 0) is 53.2 Å². The van der Waals surface area contributed by atoms with Crippen LogP contribution in [0.25, 0.3) is 0 Å². The number of carbonyl (C=O) groups is 1. The Labute approximate surface area is 130 Å². The summed E-state index contributed by atoms with van der Waals surface area (Å²) in [5.74, 6) is 0.222. The lowest BCUT2D eigenvalue weighted by Gasteiger charge is -2.17. The topological polar surface area (TPSA) is 64.3 Å². The summed E-state index contributed by atoms with van der Waals surface area (Å²) in [6, 6.07) is 9.26. The van der Waals surface area contributed by atoms with E-state index in [0.717, 1.165) is 9.47 Å². The zero-order valence-corrected chi connectivity index (χ0v) is 13.5. The van der Waals surface area contributed by atoms with Crippen LogP contribution in [0.3, 0.4) is 0 Å². The van der Waals surface area contributed by atoms with Gasteiger partial charge in [0.1, 0.15) is 5.75 Å². The van der Waals surface area contributed by atoms with Gasteiger partial charge in [0, 0.05) is 10.4 Å². The quantitative estimate of drug-likeness (QED) is 0.858. The van der Waals surface area contributed by atoms with Crippen LogP contribution in [0.5, 0.6) is 5.75 Å².